The van der Waals surface area contributed by atoms with Crippen LogP contribution < -0.4 is 5.73 Å². The largest absolute Gasteiger partial charge is 0.397 e. The van der Waals surface area contributed by atoms with Crippen molar-refractivity contribution in [2.45, 2.75) is 17.1 Å². The molecule has 0 saturated carbocycles. The molecule has 1 aliphatic heterocycles. The number of anilines is 1. The Bertz CT molecular complexity index is 929. The second-order valence-electron chi connectivity index (χ2n) is 6.23. The summed E-state index contributed by atoms with van der Waals surface area (Å²) in [5, 5.41) is 1.56. The summed E-state index contributed by atoms with van der Waals surface area (Å²) in [6, 6.07) is 6.91. The first-order chi connectivity index (χ1) is 12.6. The van der Waals surface area contributed by atoms with Crippen molar-refractivity contribution in [3.63, 3.8) is 0 Å². The second-order valence-corrected chi connectivity index (χ2v) is 9.80. The second kappa shape index (κ2) is 7.86. The Morgan fingerprint density at radius 1 is 1.27 bits per heavy atom. The number of nitrogen functional groups attached to an aromatic ring is 1. The van der Waals surface area contributed by atoms with Crippen LogP contribution in [0.5, 0.6) is 0 Å². The van der Waals surface area contributed by atoms with E-state index in [0.717, 1.165) is 26.7 Å². The zero-order chi connectivity index (χ0) is 18.1. The molecule has 1 fully saturated rings. The van der Waals surface area contributed by atoms with Crippen LogP contribution in [-0.4, -0.2) is 40.4 Å². The Balaban J connectivity index is 1.54. The highest BCUT2D eigenvalue weighted by Gasteiger charge is 2.22. The van der Waals surface area contributed by atoms with E-state index in [1.165, 1.54) is 48.8 Å². The zero-order valence-corrected chi connectivity index (χ0v) is 17.2. The van der Waals surface area contributed by atoms with E-state index < -0.39 is 0 Å². The molecule has 0 amide bonds. The van der Waals surface area contributed by atoms with Crippen molar-refractivity contribution in [3.05, 3.63) is 39.7 Å². The number of aromatic nitrogens is 1. The van der Waals surface area contributed by atoms with E-state index in [9.17, 15) is 4.79 Å². The summed E-state index contributed by atoms with van der Waals surface area (Å²) in [5.74, 6) is 0.952. The van der Waals surface area contributed by atoms with Crippen molar-refractivity contribution in [2.75, 3.05) is 31.1 Å². The smallest absolute Gasteiger partial charge is 0.205 e. The molecule has 0 atom stereocenters. The van der Waals surface area contributed by atoms with Gasteiger partial charge in [0.15, 0.2) is 0 Å². The normalized spacial score (nSPS) is 15.1. The highest BCUT2D eigenvalue weighted by molar-refractivity contribution is 8.01. The van der Waals surface area contributed by atoms with Crippen molar-refractivity contribution in [3.8, 4) is 0 Å². The highest BCUT2D eigenvalue weighted by Crippen LogP contribution is 2.42. The molecular weight excluding hydrogens is 406 g/mol. The van der Waals surface area contributed by atoms with Gasteiger partial charge in [-0.05, 0) is 61.7 Å². The minimum atomic E-state index is -0.0693. The van der Waals surface area contributed by atoms with Crippen molar-refractivity contribution in [1.29, 1.82) is 0 Å². The zero-order valence-electron chi connectivity index (χ0n) is 14.0. The van der Waals surface area contributed by atoms with E-state index in [-0.39, 0.29) is 5.78 Å². The monoisotopic (exact) mass is 423 g/mol. The number of thioether (sulfide) groups is 1. The number of likely N-dealkylation sites (tertiary alicyclic amines) is 1. The molecule has 1 aromatic carbocycles. The first kappa shape index (κ1) is 18.3. The summed E-state index contributed by atoms with van der Waals surface area (Å²) in [5.41, 5.74) is 7.50. The SMILES string of the molecule is Nc1c(C(=O)c2ccc(Cl)cc2)sc2nsc(SCCN3CCCC3)c12. The Labute approximate surface area is 169 Å². The maximum Gasteiger partial charge on any atom is 0.205 e. The molecule has 0 radical (unpaired) electrons. The number of nitrogens with zero attached hydrogens (tertiary/aromatic N) is 2. The Hall–Kier alpha value is -1.12. The predicted octanol–water partition coefficient (Wildman–Crippen LogP) is 5.01. The number of thiophene rings is 1. The van der Waals surface area contributed by atoms with Crippen LogP contribution in [-0.2, 0) is 0 Å². The maximum atomic E-state index is 12.8. The Morgan fingerprint density at radius 3 is 2.73 bits per heavy atom. The van der Waals surface area contributed by atoms with E-state index in [1.807, 2.05) is 0 Å². The number of nitrogens with two attached hydrogens (primary N) is 1. The lowest BCUT2D eigenvalue weighted by Crippen LogP contribution is -2.21. The molecule has 1 aliphatic rings. The van der Waals surface area contributed by atoms with Crippen LogP contribution in [0.3, 0.4) is 0 Å². The highest BCUT2D eigenvalue weighted by atomic mass is 35.5. The molecular formula is C18H18ClN3OS3. The molecule has 26 heavy (non-hydrogen) atoms. The number of carbonyl (C=O) groups excluding carboxylic acids is 1. The van der Waals surface area contributed by atoms with Crippen molar-refractivity contribution >= 4 is 67.9 Å². The van der Waals surface area contributed by atoms with Crippen LogP contribution in [0, 0.1) is 0 Å². The third-order valence-electron chi connectivity index (χ3n) is 4.49. The number of fused-ring (bicyclic) bond motifs is 1. The first-order valence-corrected chi connectivity index (χ1v) is 11.4. The summed E-state index contributed by atoms with van der Waals surface area (Å²) in [6.07, 6.45) is 2.62. The summed E-state index contributed by atoms with van der Waals surface area (Å²) >= 11 is 10.6. The van der Waals surface area contributed by atoms with Gasteiger partial charge < -0.3 is 10.6 Å². The van der Waals surface area contributed by atoms with Gasteiger partial charge in [0.2, 0.25) is 5.78 Å². The molecule has 2 N–H and O–H groups in total. The van der Waals surface area contributed by atoms with Crippen LogP contribution >= 0.6 is 46.2 Å². The van der Waals surface area contributed by atoms with Crippen LogP contribution in [0.25, 0.3) is 10.2 Å². The molecule has 4 rings (SSSR count). The van der Waals surface area contributed by atoms with Gasteiger partial charge in [0.25, 0.3) is 0 Å². The molecule has 0 spiro atoms. The van der Waals surface area contributed by atoms with E-state index in [4.69, 9.17) is 17.3 Å². The van der Waals surface area contributed by atoms with Crippen LogP contribution in [0.4, 0.5) is 5.69 Å². The molecule has 0 unspecified atom stereocenters. The molecule has 1 saturated heterocycles. The molecule has 0 aliphatic carbocycles. The molecule has 3 heterocycles. The lowest BCUT2D eigenvalue weighted by atomic mass is 10.1. The lowest BCUT2D eigenvalue weighted by Gasteiger charge is -2.13. The molecule has 4 nitrogen and oxygen atoms in total. The molecule has 2 aromatic heterocycles. The van der Waals surface area contributed by atoms with E-state index in [0.29, 0.717) is 21.2 Å². The summed E-state index contributed by atoms with van der Waals surface area (Å²) in [4.78, 5) is 16.7. The average Bonchev–Trinajstić information content (AvgIpc) is 3.35. The quantitative estimate of drug-likeness (QED) is 0.446. The van der Waals surface area contributed by atoms with Crippen LogP contribution in [0.1, 0.15) is 28.1 Å². The third kappa shape index (κ3) is 3.64. The summed E-state index contributed by atoms with van der Waals surface area (Å²) in [6.45, 7) is 3.50. The van der Waals surface area contributed by atoms with Gasteiger partial charge in [-0.15, -0.1) is 23.1 Å². The number of hydrogen-bond acceptors (Lipinski definition) is 7. The molecule has 8 heteroatoms. The molecule has 3 aromatic rings. The van der Waals surface area contributed by atoms with Gasteiger partial charge in [0.1, 0.15) is 9.71 Å². The Morgan fingerprint density at radius 2 is 2.00 bits per heavy atom. The van der Waals surface area contributed by atoms with Crippen LogP contribution in [0.15, 0.2) is 28.5 Å². The van der Waals surface area contributed by atoms with Crippen molar-refractivity contribution in [2.24, 2.45) is 0 Å². The third-order valence-corrected chi connectivity index (χ3v) is 8.03. The number of hydrogen-bond donors (Lipinski definition) is 1. The summed E-state index contributed by atoms with van der Waals surface area (Å²) < 4.78 is 5.63. The average molecular weight is 424 g/mol. The molecule has 136 valence electrons. The number of benzene rings is 1. The first-order valence-electron chi connectivity index (χ1n) is 8.46. The van der Waals surface area contributed by atoms with Gasteiger partial charge in [-0.1, -0.05) is 11.6 Å². The lowest BCUT2D eigenvalue weighted by molar-refractivity contribution is 0.104. The van der Waals surface area contributed by atoms with Gasteiger partial charge >= 0.3 is 0 Å². The minimum Gasteiger partial charge on any atom is -0.397 e. The Kier molecular flexibility index (Phi) is 5.52. The van der Waals surface area contributed by atoms with Gasteiger partial charge in [-0.3, -0.25) is 4.79 Å². The van der Waals surface area contributed by atoms with Crippen LogP contribution in [0.2, 0.25) is 5.02 Å². The number of halogens is 1. The van der Waals surface area contributed by atoms with E-state index >= 15 is 0 Å². The maximum absolute atomic E-state index is 12.8. The number of ketones is 1. The van der Waals surface area contributed by atoms with Gasteiger partial charge in [-0.2, -0.15) is 4.37 Å². The number of carbonyl (C=O) groups is 1. The topological polar surface area (TPSA) is 59.2 Å². The van der Waals surface area contributed by atoms with Gasteiger partial charge in [0.05, 0.1) is 15.3 Å². The van der Waals surface area contributed by atoms with E-state index in [2.05, 4.69) is 9.27 Å². The van der Waals surface area contributed by atoms with Gasteiger partial charge in [-0.25, -0.2) is 0 Å². The fourth-order valence-corrected chi connectivity index (χ4v) is 6.55. The fourth-order valence-electron chi connectivity index (χ4n) is 3.09. The van der Waals surface area contributed by atoms with E-state index in [1.54, 1.807) is 36.0 Å². The number of rotatable bonds is 6. The van der Waals surface area contributed by atoms with Gasteiger partial charge in [0, 0.05) is 22.9 Å². The van der Waals surface area contributed by atoms with Crippen molar-refractivity contribution < 1.29 is 4.79 Å². The predicted molar refractivity (Wildman–Crippen MR) is 113 cm³/mol. The standard InChI is InChI=1S/C18H18ClN3OS3/c19-12-5-3-11(4-6-12)15(23)16-14(20)13-17(25-16)21-26-18(13)24-10-9-22-7-1-2-8-22/h3-6H,1-2,7-10,20H2. The fraction of sp³-hybridized carbons (Fsp3) is 0.333. The van der Waals surface area contributed by atoms with Crippen molar-refractivity contribution in [1.82, 2.24) is 9.27 Å². The minimum absolute atomic E-state index is 0.0693. The summed E-state index contributed by atoms with van der Waals surface area (Å²) in [7, 11) is 0. The molecule has 0 bridgehead atoms.